The number of nitrogens with one attached hydrogen (secondary N) is 1. The summed E-state index contributed by atoms with van der Waals surface area (Å²) < 4.78 is 23.1. The quantitative estimate of drug-likeness (QED) is 0.844. The highest BCUT2D eigenvalue weighted by molar-refractivity contribution is 7.89. The van der Waals surface area contributed by atoms with Crippen LogP contribution in [0.2, 0.25) is 0 Å². The predicted octanol–water partition coefficient (Wildman–Crippen LogP) is 3.37. The first-order chi connectivity index (χ1) is 12.6. The Labute approximate surface area is 161 Å². The highest BCUT2D eigenvalue weighted by Crippen LogP contribution is 2.42. The second-order valence-corrected chi connectivity index (χ2v) is 9.47. The van der Waals surface area contributed by atoms with Crippen LogP contribution in [0.1, 0.15) is 62.3 Å². The molecule has 0 bridgehead atoms. The molecule has 1 aliphatic rings. The summed E-state index contributed by atoms with van der Waals surface area (Å²) in [5, 5.41) is 8.25. The number of fused-ring (bicyclic) bond motifs is 1. The third kappa shape index (κ3) is 4.06. The molecule has 0 aromatic heterocycles. The third-order valence-electron chi connectivity index (χ3n) is 5.49. The monoisotopic (exact) mass is 386 g/mol. The Morgan fingerprint density at radius 2 is 1.89 bits per heavy atom. The summed E-state index contributed by atoms with van der Waals surface area (Å²) in [5.74, 6) is -0.232. The van der Waals surface area contributed by atoms with Crippen LogP contribution >= 0.6 is 0 Å². The van der Waals surface area contributed by atoms with Gasteiger partial charge in [0.1, 0.15) is 0 Å². The number of hydrogen-bond acceptors (Lipinski definition) is 3. The van der Waals surface area contributed by atoms with E-state index in [1.165, 1.54) is 17.7 Å². The fourth-order valence-corrected chi connectivity index (χ4v) is 4.41. The van der Waals surface area contributed by atoms with Crippen molar-refractivity contribution in [3.63, 3.8) is 0 Å². The van der Waals surface area contributed by atoms with Crippen molar-refractivity contribution in [2.24, 2.45) is 5.14 Å². The Morgan fingerprint density at radius 3 is 2.59 bits per heavy atom. The first-order valence-electron chi connectivity index (χ1n) is 9.12. The van der Waals surface area contributed by atoms with Crippen molar-refractivity contribution in [2.75, 3.05) is 0 Å². The highest BCUT2D eigenvalue weighted by Gasteiger charge is 2.35. The molecule has 1 aliphatic carbocycles. The Balaban J connectivity index is 1.82. The van der Waals surface area contributed by atoms with Crippen LogP contribution in [0.3, 0.4) is 0 Å². The predicted molar refractivity (Wildman–Crippen MR) is 106 cm³/mol. The number of hydrogen-bond donors (Lipinski definition) is 2. The van der Waals surface area contributed by atoms with Gasteiger partial charge in [0, 0.05) is 0 Å². The summed E-state index contributed by atoms with van der Waals surface area (Å²) in [7, 11) is -3.77. The van der Waals surface area contributed by atoms with E-state index < -0.39 is 10.0 Å². The second kappa shape index (κ2) is 7.09. The number of carbonyl (C=O) groups is 1. The molecule has 0 radical (unpaired) electrons. The Bertz CT molecular complexity index is 967. The van der Waals surface area contributed by atoms with Gasteiger partial charge >= 0.3 is 0 Å². The van der Waals surface area contributed by atoms with Gasteiger partial charge in [-0.3, -0.25) is 4.79 Å². The SMILES string of the molecule is CC(NC(=O)C1CCC(C)(C)c2ccccc21)c1cccc(S(N)(=O)=O)c1. The van der Waals surface area contributed by atoms with Crippen molar-refractivity contribution in [2.45, 2.75) is 55.9 Å². The van der Waals surface area contributed by atoms with Crippen molar-refractivity contribution in [3.8, 4) is 0 Å². The smallest absolute Gasteiger partial charge is 0.238 e. The maximum absolute atomic E-state index is 13.0. The molecule has 0 aliphatic heterocycles. The number of carbonyl (C=O) groups excluding carboxylic acids is 1. The minimum absolute atomic E-state index is 0.0357. The number of primary sulfonamides is 1. The largest absolute Gasteiger partial charge is 0.349 e. The summed E-state index contributed by atoms with van der Waals surface area (Å²) in [6.45, 7) is 6.27. The van der Waals surface area contributed by atoms with E-state index in [9.17, 15) is 13.2 Å². The summed E-state index contributed by atoms with van der Waals surface area (Å²) in [5.41, 5.74) is 3.07. The standard InChI is InChI=1S/C21H26N2O3S/c1-14(15-7-6-8-16(13-15)27(22,25)26)23-20(24)18-11-12-21(2,3)19-10-5-4-9-17(18)19/h4-10,13-14,18H,11-12H2,1-3H3,(H,23,24)(H2,22,25,26). The van der Waals surface area contributed by atoms with Crippen molar-refractivity contribution in [1.82, 2.24) is 5.32 Å². The fourth-order valence-electron chi connectivity index (χ4n) is 3.84. The summed E-state index contributed by atoms with van der Waals surface area (Å²) >= 11 is 0. The normalized spacial score (nSPS) is 19.8. The topological polar surface area (TPSA) is 89.3 Å². The number of amides is 1. The van der Waals surface area contributed by atoms with Gasteiger partial charge in [0.05, 0.1) is 16.9 Å². The van der Waals surface area contributed by atoms with Gasteiger partial charge in [-0.2, -0.15) is 0 Å². The molecule has 0 heterocycles. The maximum Gasteiger partial charge on any atom is 0.238 e. The molecule has 5 nitrogen and oxygen atoms in total. The molecule has 3 N–H and O–H groups in total. The maximum atomic E-state index is 13.0. The molecule has 144 valence electrons. The van der Waals surface area contributed by atoms with E-state index >= 15 is 0 Å². The lowest BCUT2D eigenvalue weighted by molar-refractivity contribution is -0.123. The first-order valence-corrected chi connectivity index (χ1v) is 10.7. The molecular weight excluding hydrogens is 360 g/mol. The summed E-state index contributed by atoms with van der Waals surface area (Å²) in [6.07, 6.45) is 1.73. The Morgan fingerprint density at radius 1 is 1.19 bits per heavy atom. The van der Waals surface area contributed by atoms with Gasteiger partial charge < -0.3 is 5.32 Å². The van der Waals surface area contributed by atoms with Crippen LogP contribution in [0, 0.1) is 0 Å². The molecule has 2 aromatic carbocycles. The van der Waals surface area contributed by atoms with E-state index in [0.717, 1.165) is 18.4 Å². The van der Waals surface area contributed by atoms with E-state index in [-0.39, 0.29) is 28.2 Å². The zero-order chi connectivity index (χ0) is 19.8. The van der Waals surface area contributed by atoms with Gasteiger partial charge in [-0.25, -0.2) is 13.6 Å². The Hall–Kier alpha value is -2.18. The van der Waals surface area contributed by atoms with Gasteiger partial charge in [0.15, 0.2) is 0 Å². The van der Waals surface area contributed by atoms with Gasteiger partial charge in [0.25, 0.3) is 0 Å². The van der Waals surface area contributed by atoms with Gasteiger partial charge in [-0.15, -0.1) is 0 Å². The van der Waals surface area contributed by atoms with E-state index in [0.29, 0.717) is 5.56 Å². The van der Waals surface area contributed by atoms with E-state index in [4.69, 9.17) is 5.14 Å². The minimum Gasteiger partial charge on any atom is -0.349 e. The first kappa shape index (κ1) is 19.6. The van der Waals surface area contributed by atoms with Crippen LogP contribution in [0.15, 0.2) is 53.4 Å². The van der Waals surface area contributed by atoms with Gasteiger partial charge in [0.2, 0.25) is 15.9 Å². The highest BCUT2D eigenvalue weighted by atomic mass is 32.2. The molecule has 2 unspecified atom stereocenters. The molecule has 1 amide bonds. The fraction of sp³-hybridized carbons (Fsp3) is 0.381. The molecule has 27 heavy (non-hydrogen) atoms. The van der Waals surface area contributed by atoms with Crippen molar-refractivity contribution >= 4 is 15.9 Å². The van der Waals surface area contributed by atoms with E-state index in [1.54, 1.807) is 12.1 Å². The molecule has 0 spiro atoms. The number of nitrogens with two attached hydrogens (primary N) is 1. The lowest BCUT2D eigenvalue weighted by atomic mass is 9.68. The zero-order valence-electron chi connectivity index (χ0n) is 15.9. The van der Waals surface area contributed by atoms with Gasteiger partial charge in [-0.1, -0.05) is 50.2 Å². The van der Waals surface area contributed by atoms with Gasteiger partial charge in [-0.05, 0) is 54.0 Å². The van der Waals surface area contributed by atoms with Crippen molar-refractivity contribution < 1.29 is 13.2 Å². The molecule has 3 rings (SSSR count). The third-order valence-corrected chi connectivity index (χ3v) is 6.40. The van der Waals surface area contributed by atoms with Crippen LogP contribution in [0.5, 0.6) is 0 Å². The average Bonchev–Trinajstić information content (AvgIpc) is 2.61. The Kier molecular flexibility index (Phi) is 5.14. The summed E-state index contributed by atoms with van der Waals surface area (Å²) in [6, 6.07) is 14.2. The van der Waals surface area contributed by atoms with Crippen LogP contribution in [0.25, 0.3) is 0 Å². The van der Waals surface area contributed by atoms with Crippen LogP contribution in [-0.4, -0.2) is 14.3 Å². The molecule has 0 fully saturated rings. The molecule has 6 heteroatoms. The van der Waals surface area contributed by atoms with Crippen LogP contribution < -0.4 is 10.5 Å². The minimum atomic E-state index is -3.77. The van der Waals surface area contributed by atoms with E-state index in [1.807, 2.05) is 25.1 Å². The number of benzene rings is 2. The summed E-state index contributed by atoms with van der Waals surface area (Å²) in [4.78, 5) is 13.0. The molecule has 0 saturated heterocycles. The average molecular weight is 387 g/mol. The molecule has 0 saturated carbocycles. The molecular formula is C21H26N2O3S. The second-order valence-electron chi connectivity index (χ2n) is 7.91. The zero-order valence-corrected chi connectivity index (χ0v) is 16.7. The molecule has 2 atom stereocenters. The number of sulfonamides is 1. The van der Waals surface area contributed by atoms with Crippen molar-refractivity contribution in [3.05, 3.63) is 65.2 Å². The molecule has 2 aromatic rings. The number of rotatable bonds is 4. The van der Waals surface area contributed by atoms with E-state index in [2.05, 4.69) is 25.2 Å². The van der Waals surface area contributed by atoms with Crippen LogP contribution in [-0.2, 0) is 20.2 Å². The lowest BCUT2D eigenvalue weighted by Gasteiger charge is -2.36. The van der Waals surface area contributed by atoms with Crippen LogP contribution in [0.4, 0.5) is 0 Å². The lowest BCUT2D eigenvalue weighted by Crippen LogP contribution is -2.36. The van der Waals surface area contributed by atoms with Crippen molar-refractivity contribution in [1.29, 1.82) is 0 Å².